The van der Waals surface area contributed by atoms with E-state index < -0.39 is 17.7 Å². The first-order valence-corrected chi connectivity index (χ1v) is 6.34. The van der Waals surface area contributed by atoms with Crippen molar-refractivity contribution in [3.05, 3.63) is 58.0 Å². The Labute approximate surface area is 112 Å². The first kappa shape index (κ1) is 13.2. The third-order valence-electron chi connectivity index (χ3n) is 2.63. The molecule has 1 aromatic heterocycles. The smallest absolute Gasteiger partial charge is 0.174 e. The molecule has 18 heavy (non-hydrogen) atoms. The molecule has 0 radical (unpaired) electrons. The predicted octanol–water partition coefficient (Wildman–Crippen LogP) is 4.02. The molecule has 1 unspecified atom stereocenters. The zero-order valence-corrected chi connectivity index (χ0v) is 11.3. The molecule has 0 bridgehead atoms. The normalized spacial score (nSPS) is 12.7. The van der Waals surface area contributed by atoms with Gasteiger partial charge in [-0.05, 0) is 46.7 Å². The van der Waals surface area contributed by atoms with E-state index in [1.165, 1.54) is 12.3 Å². The van der Waals surface area contributed by atoms with Gasteiger partial charge < -0.3 is 9.73 Å². The van der Waals surface area contributed by atoms with Crippen molar-refractivity contribution in [3.8, 4) is 0 Å². The Balaban J connectivity index is 2.48. The quantitative estimate of drug-likeness (QED) is 0.922. The van der Waals surface area contributed by atoms with Crippen molar-refractivity contribution < 1.29 is 13.2 Å². The second kappa shape index (κ2) is 5.63. The monoisotopic (exact) mass is 315 g/mol. The molecule has 1 N–H and O–H groups in total. The molecule has 5 heteroatoms. The summed E-state index contributed by atoms with van der Waals surface area (Å²) in [5, 5.41) is 3.11. The molecule has 1 atom stereocenters. The Morgan fingerprint density at radius 1 is 1.28 bits per heavy atom. The summed E-state index contributed by atoms with van der Waals surface area (Å²) < 4.78 is 32.7. The number of benzene rings is 1. The van der Waals surface area contributed by atoms with Crippen LogP contribution in [0.25, 0.3) is 0 Å². The van der Waals surface area contributed by atoms with Crippen molar-refractivity contribution >= 4 is 15.9 Å². The van der Waals surface area contributed by atoms with Crippen LogP contribution in [0.4, 0.5) is 8.78 Å². The highest BCUT2D eigenvalue weighted by Gasteiger charge is 2.21. The second-order valence-electron chi connectivity index (χ2n) is 3.81. The topological polar surface area (TPSA) is 25.2 Å². The van der Waals surface area contributed by atoms with Crippen molar-refractivity contribution in [2.75, 3.05) is 6.54 Å². The van der Waals surface area contributed by atoms with Crippen LogP contribution in [-0.2, 0) is 0 Å². The molecule has 0 saturated heterocycles. The highest BCUT2D eigenvalue weighted by Crippen LogP contribution is 2.31. The van der Waals surface area contributed by atoms with Gasteiger partial charge in [-0.2, -0.15) is 0 Å². The van der Waals surface area contributed by atoms with Gasteiger partial charge in [-0.25, -0.2) is 8.78 Å². The molecule has 2 nitrogen and oxygen atoms in total. The van der Waals surface area contributed by atoms with Gasteiger partial charge in [-0.1, -0.05) is 6.92 Å². The molecule has 1 aromatic carbocycles. The van der Waals surface area contributed by atoms with E-state index in [-0.39, 0.29) is 5.56 Å². The lowest BCUT2D eigenvalue weighted by Gasteiger charge is -2.18. The minimum absolute atomic E-state index is 0.263. The van der Waals surface area contributed by atoms with Crippen molar-refractivity contribution in [2.45, 2.75) is 13.0 Å². The lowest BCUT2D eigenvalue weighted by Crippen LogP contribution is -2.23. The zero-order valence-electron chi connectivity index (χ0n) is 9.71. The van der Waals surface area contributed by atoms with Gasteiger partial charge in [0, 0.05) is 11.1 Å². The van der Waals surface area contributed by atoms with Gasteiger partial charge in [0.2, 0.25) is 0 Å². The van der Waals surface area contributed by atoms with Crippen LogP contribution < -0.4 is 5.32 Å². The van der Waals surface area contributed by atoms with Crippen molar-refractivity contribution in [1.29, 1.82) is 0 Å². The van der Waals surface area contributed by atoms with E-state index in [0.717, 1.165) is 17.7 Å². The number of nitrogens with one attached hydrogen (secondary N) is 1. The van der Waals surface area contributed by atoms with E-state index in [2.05, 4.69) is 21.2 Å². The Morgan fingerprint density at radius 3 is 2.67 bits per heavy atom. The maximum atomic E-state index is 13.8. The average molecular weight is 316 g/mol. The van der Waals surface area contributed by atoms with Gasteiger partial charge in [0.25, 0.3) is 0 Å². The molecular formula is C13H12BrF2NO. The Bertz CT molecular complexity index is 542. The molecule has 0 aliphatic carbocycles. The molecule has 0 aliphatic heterocycles. The number of hydrogen-bond donors (Lipinski definition) is 1. The Hall–Kier alpha value is -1.20. The maximum absolute atomic E-state index is 13.8. The Morgan fingerprint density at radius 2 is 2.06 bits per heavy atom. The van der Waals surface area contributed by atoms with Gasteiger partial charge in [0.1, 0.15) is 11.6 Å². The SMILES string of the molecule is CCNC(c1cc(F)ccc1F)c1ccoc1Br. The van der Waals surface area contributed by atoms with Crippen molar-refractivity contribution in [1.82, 2.24) is 5.32 Å². The minimum Gasteiger partial charge on any atom is -0.457 e. The van der Waals surface area contributed by atoms with Gasteiger partial charge in [-0.15, -0.1) is 0 Å². The summed E-state index contributed by atoms with van der Waals surface area (Å²) >= 11 is 3.25. The van der Waals surface area contributed by atoms with E-state index in [1.54, 1.807) is 6.07 Å². The maximum Gasteiger partial charge on any atom is 0.174 e. The summed E-state index contributed by atoms with van der Waals surface area (Å²) in [6, 6.07) is 4.71. The number of halogens is 3. The fourth-order valence-corrected chi connectivity index (χ4v) is 2.31. The van der Waals surface area contributed by atoms with Crippen LogP contribution in [0.2, 0.25) is 0 Å². The van der Waals surface area contributed by atoms with E-state index >= 15 is 0 Å². The molecule has 0 spiro atoms. The van der Waals surface area contributed by atoms with Gasteiger partial charge in [0.05, 0.1) is 12.3 Å². The van der Waals surface area contributed by atoms with Crippen LogP contribution in [0.15, 0.2) is 39.6 Å². The van der Waals surface area contributed by atoms with Crippen molar-refractivity contribution in [3.63, 3.8) is 0 Å². The van der Waals surface area contributed by atoms with Gasteiger partial charge in [-0.3, -0.25) is 0 Å². The largest absolute Gasteiger partial charge is 0.457 e. The van der Waals surface area contributed by atoms with E-state index in [0.29, 0.717) is 11.2 Å². The van der Waals surface area contributed by atoms with Gasteiger partial charge >= 0.3 is 0 Å². The van der Waals surface area contributed by atoms with Crippen LogP contribution >= 0.6 is 15.9 Å². The number of rotatable bonds is 4. The zero-order chi connectivity index (χ0) is 13.1. The van der Waals surface area contributed by atoms with Crippen LogP contribution in [0.1, 0.15) is 24.1 Å². The van der Waals surface area contributed by atoms with Crippen LogP contribution in [0.5, 0.6) is 0 Å². The Kier molecular flexibility index (Phi) is 4.14. The first-order chi connectivity index (χ1) is 8.63. The third kappa shape index (κ3) is 2.62. The number of hydrogen-bond acceptors (Lipinski definition) is 2. The van der Waals surface area contributed by atoms with Gasteiger partial charge in [0.15, 0.2) is 4.67 Å². The summed E-state index contributed by atoms with van der Waals surface area (Å²) in [6.07, 6.45) is 1.50. The van der Waals surface area contributed by atoms with E-state index in [4.69, 9.17) is 4.42 Å². The van der Waals surface area contributed by atoms with Crippen molar-refractivity contribution in [2.24, 2.45) is 0 Å². The standard InChI is InChI=1S/C13H12BrF2NO/c1-2-17-12(9-5-6-18-13(9)14)10-7-8(15)3-4-11(10)16/h3-7,12,17H,2H2,1H3. The molecule has 2 aromatic rings. The highest BCUT2D eigenvalue weighted by molar-refractivity contribution is 9.10. The molecule has 1 heterocycles. The lowest BCUT2D eigenvalue weighted by molar-refractivity contribution is 0.515. The van der Waals surface area contributed by atoms with E-state index in [9.17, 15) is 8.78 Å². The summed E-state index contributed by atoms with van der Waals surface area (Å²) in [4.78, 5) is 0. The molecule has 0 aliphatic rings. The van der Waals surface area contributed by atoms with E-state index in [1.807, 2.05) is 6.92 Å². The molecular weight excluding hydrogens is 304 g/mol. The summed E-state index contributed by atoms with van der Waals surface area (Å²) in [5.74, 6) is -0.913. The molecule has 0 saturated carbocycles. The molecule has 0 amide bonds. The summed E-state index contributed by atoms with van der Waals surface area (Å²) in [5.41, 5.74) is 1.00. The lowest BCUT2D eigenvalue weighted by atomic mass is 10.0. The summed E-state index contributed by atoms with van der Waals surface area (Å²) in [7, 11) is 0. The highest BCUT2D eigenvalue weighted by atomic mass is 79.9. The minimum atomic E-state index is -0.464. The fraction of sp³-hybridized carbons (Fsp3) is 0.231. The summed E-state index contributed by atoms with van der Waals surface area (Å²) in [6.45, 7) is 2.52. The second-order valence-corrected chi connectivity index (χ2v) is 4.53. The van der Waals surface area contributed by atoms with Crippen LogP contribution in [-0.4, -0.2) is 6.54 Å². The number of furan rings is 1. The third-order valence-corrected chi connectivity index (χ3v) is 3.28. The average Bonchev–Trinajstić information content (AvgIpc) is 2.76. The van der Waals surface area contributed by atoms with Crippen LogP contribution in [0, 0.1) is 11.6 Å². The molecule has 0 fully saturated rings. The molecule has 2 rings (SSSR count). The van der Waals surface area contributed by atoms with Crippen LogP contribution in [0.3, 0.4) is 0 Å². The molecule has 96 valence electrons. The first-order valence-electron chi connectivity index (χ1n) is 5.54. The predicted molar refractivity (Wildman–Crippen MR) is 68.3 cm³/mol. The fourth-order valence-electron chi connectivity index (χ4n) is 1.84.